The van der Waals surface area contributed by atoms with Gasteiger partial charge in [-0.15, -0.1) is 0 Å². The number of nitrogens with zero attached hydrogens (tertiary/aromatic N) is 2. The van der Waals surface area contributed by atoms with E-state index in [1.807, 2.05) is 4.90 Å². The number of carbonyl (C=O) groups excluding carboxylic acids is 1. The zero-order valence-corrected chi connectivity index (χ0v) is 9.50. The first-order valence-electron chi connectivity index (χ1n) is 5.88. The van der Waals surface area contributed by atoms with Gasteiger partial charge in [-0.2, -0.15) is 0 Å². The van der Waals surface area contributed by atoms with Crippen LogP contribution in [-0.2, 0) is 4.74 Å². The minimum Gasteiger partial charge on any atom is -0.397 e. The molecule has 0 aliphatic carbocycles. The summed E-state index contributed by atoms with van der Waals surface area (Å²) in [6, 6.07) is 1.68. The minimum absolute atomic E-state index is 0.00917. The summed E-state index contributed by atoms with van der Waals surface area (Å²) >= 11 is 0. The molecule has 2 bridgehead atoms. The number of rotatable bonds is 1. The molecule has 5 heteroatoms. The average Bonchev–Trinajstić information content (AvgIpc) is 2.68. The van der Waals surface area contributed by atoms with Crippen LogP contribution in [-0.4, -0.2) is 41.1 Å². The lowest BCUT2D eigenvalue weighted by Crippen LogP contribution is -2.46. The number of likely N-dealkylation sites (tertiary alicyclic amines) is 1. The quantitative estimate of drug-likeness (QED) is 0.774. The Labute approximate surface area is 99.6 Å². The second kappa shape index (κ2) is 4.00. The predicted octanol–water partition coefficient (Wildman–Crippen LogP) is 0.667. The van der Waals surface area contributed by atoms with Crippen molar-refractivity contribution < 1.29 is 9.53 Å². The maximum Gasteiger partial charge on any atom is 0.256 e. The lowest BCUT2D eigenvalue weighted by Gasteiger charge is -2.32. The molecule has 0 spiro atoms. The molecule has 90 valence electrons. The number of hydrogen-bond acceptors (Lipinski definition) is 4. The van der Waals surface area contributed by atoms with Crippen LogP contribution in [0, 0.1) is 0 Å². The Kier molecular flexibility index (Phi) is 2.48. The molecule has 0 aromatic carbocycles. The van der Waals surface area contributed by atoms with Gasteiger partial charge in [0.05, 0.1) is 29.7 Å². The van der Waals surface area contributed by atoms with E-state index in [4.69, 9.17) is 10.5 Å². The van der Waals surface area contributed by atoms with E-state index in [9.17, 15) is 4.79 Å². The van der Waals surface area contributed by atoms with Gasteiger partial charge in [0.25, 0.3) is 5.91 Å². The smallest absolute Gasteiger partial charge is 0.256 e. The molecule has 2 aliphatic heterocycles. The van der Waals surface area contributed by atoms with E-state index in [2.05, 4.69) is 4.98 Å². The third kappa shape index (κ3) is 1.86. The van der Waals surface area contributed by atoms with Gasteiger partial charge in [0.1, 0.15) is 0 Å². The molecular weight excluding hydrogens is 218 g/mol. The fourth-order valence-corrected chi connectivity index (χ4v) is 2.55. The summed E-state index contributed by atoms with van der Waals surface area (Å²) in [6.45, 7) is 1.36. The van der Waals surface area contributed by atoms with Crippen molar-refractivity contribution in [2.24, 2.45) is 0 Å². The normalized spacial score (nSPS) is 27.2. The molecule has 1 aromatic heterocycles. The van der Waals surface area contributed by atoms with Crippen molar-refractivity contribution in [2.45, 2.75) is 25.0 Å². The molecule has 3 rings (SSSR count). The number of fused-ring (bicyclic) bond motifs is 2. The highest BCUT2D eigenvalue weighted by Gasteiger charge is 2.36. The van der Waals surface area contributed by atoms with E-state index < -0.39 is 0 Å². The van der Waals surface area contributed by atoms with Crippen molar-refractivity contribution in [3.8, 4) is 0 Å². The summed E-state index contributed by atoms with van der Waals surface area (Å²) in [6.07, 6.45) is 5.64. The van der Waals surface area contributed by atoms with Gasteiger partial charge in [0.2, 0.25) is 0 Å². The van der Waals surface area contributed by atoms with Crippen molar-refractivity contribution in [1.82, 2.24) is 9.88 Å². The van der Waals surface area contributed by atoms with E-state index in [1.165, 1.54) is 6.20 Å². The van der Waals surface area contributed by atoms with Gasteiger partial charge >= 0.3 is 0 Å². The van der Waals surface area contributed by atoms with Crippen molar-refractivity contribution in [2.75, 3.05) is 18.8 Å². The topological polar surface area (TPSA) is 68.5 Å². The van der Waals surface area contributed by atoms with Gasteiger partial charge in [-0.1, -0.05) is 0 Å². The molecule has 2 saturated heterocycles. The number of hydrogen-bond donors (Lipinski definition) is 1. The van der Waals surface area contributed by atoms with Crippen molar-refractivity contribution in [3.05, 3.63) is 24.0 Å². The number of amides is 1. The van der Waals surface area contributed by atoms with Crippen LogP contribution in [0.15, 0.2) is 18.5 Å². The molecule has 2 fully saturated rings. The first kappa shape index (κ1) is 10.5. The van der Waals surface area contributed by atoms with Crippen LogP contribution in [0.3, 0.4) is 0 Å². The number of carbonyl (C=O) groups is 1. The molecule has 1 aromatic rings. The molecule has 2 aliphatic rings. The number of anilines is 1. The van der Waals surface area contributed by atoms with Crippen LogP contribution in [0.5, 0.6) is 0 Å². The fraction of sp³-hybridized carbons (Fsp3) is 0.500. The molecule has 5 nitrogen and oxygen atoms in total. The van der Waals surface area contributed by atoms with Crippen molar-refractivity contribution in [1.29, 1.82) is 0 Å². The molecule has 17 heavy (non-hydrogen) atoms. The van der Waals surface area contributed by atoms with Crippen LogP contribution in [0.2, 0.25) is 0 Å². The van der Waals surface area contributed by atoms with Crippen molar-refractivity contribution >= 4 is 11.6 Å². The van der Waals surface area contributed by atoms with Gasteiger partial charge in [-0.3, -0.25) is 9.78 Å². The summed E-state index contributed by atoms with van der Waals surface area (Å²) in [5.41, 5.74) is 6.76. The SMILES string of the molecule is Nc1cnccc1C(=O)N1CC2CCC(C1)O2. The van der Waals surface area contributed by atoms with E-state index in [0.29, 0.717) is 24.3 Å². The third-order valence-electron chi connectivity index (χ3n) is 3.41. The van der Waals surface area contributed by atoms with E-state index in [0.717, 1.165) is 12.8 Å². The highest BCUT2D eigenvalue weighted by atomic mass is 16.5. The minimum atomic E-state index is -0.00917. The second-order valence-electron chi connectivity index (χ2n) is 4.63. The highest BCUT2D eigenvalue weighted by Crippen LogP contribution is 2.27. The maximum absolute atomic E-state index is 12.3. The van der Waals surface area contributed by atoms with E-state index in [-0.39, 0.29) is 18.1 Å². The average molecular weight is 233 g/mol. The predicted molar refractivity (Wildman–Crippen MR) is 62.4 cm³/mol. The van der Waals surface area contributed by atoms with Gasteiger partial charge in [0, 0.05) is 19.3 Å². The number of nitrogens with two attached hydrogens (primary N) is 1. The Morgan fingerprint density at radius 1 is 1.41 bits per heavy atom. The lowest BCUT2D eigenvalue weighted by molar-refractivity contribution is -0.0303. The maximum atomic E-state index is 12.3. The third-order valence-corrected chi connectivity index (χ3v) is 3.41. The number of ether oxygens (including phenoxy) is 1. The number of aromatic nitrogens is 1. The molecule has 3 heterocycles. The summed E-state index contributed by atoms with van der Waals surface area (Å²) in [5.74, 6) is -0.00917. The van der Waals surface area contributed by atoms with Gasteiger partial charge < -0.3 is 15.4 Å². The van der Waals surface area contributed by atoms with Crippen molar-refractivity contribution in [3.63, 3.8) is 0 Å². The number of pyridine rings is 1. The van der Waals surface area contributed by atoms with Gasteiger partial charge in [-0.05, 0) is 18.9 Å². The van der Waals surface area contributed by atoms with Crippen LogP contribution in [0.25, 0.3) is 0 Å². The highest BCUT2D eigenvalue weighted by molar-refractivity contribution is 5.98. The molecule has 1 amide bonds. The Morgan fingerprint density at radius 3 is 2.76 bits per heavy atom. The largest absolute Gasteiger partial charge is 0.397 e. The Morgan fingerprint density at radius 2 is 2.12 bits per heavy atom. The molecule has 2 unspecified atom stereocenters. The van der Waals surface area contributed by atoms with Crippen LogP contribution in [0.4, 0.5) is 5.69 Å². The van der Waals surface area contributed by atoms with E-state index in [1.54, 1.807) is 12.3 Å². The van der Waals surface area contributed by atoms with E-state index >= 15 is 0 Å². The summed E-state index contributed by atoms with van der Waals surface area (Å²) in [7, 11) is 0. The Balaban J connectivity index is 1.81. The molecule has 0 radical (unpaired) electrons. The first-order valence-corrected chi connectivity index (χ1v) is 5.88. The zero-order chi connectivity index (χ0) is 11.8. The van der Waals surface area contributed by atoms with Gasteiger partial charge in [0.15, 0.2) is 0 Å². The standard InChI is InChI=1S/C12H15N3O2/c13-11-5-14-4-3-10(11)12(16)15-6-8-1-2-9(7-15)17-8/h3-5,8-9H,1-2,6-7,13H2. The van der Waals surface area contributed by atoms with Crippen LogP contribution >= 0.6 is 0 Å². The first-order chi connectivity index (χ1) is 8.24. The fourth-order valence-electron chi connectivity index (χ4n) is 2.55. The number of morpholine rings is 1. The Bertz CT molecular complexity index is 437. The molecule has 0 saturated carbocycles. The second-order valence-corrected chi connectivity index (χ2v) is 4.63. The number of nitrogen functional groups attached to an aromatic ring is 1. The molecule has 2 N–H and O–H groups in total. The monoisotopic (exact) mass is 233 g/mol. The summed E-state index contributed by atoms with van der Waals surface area (Å²) < 4.78 is 5.71. The Hall–Kier alpha value is -1.62. The summed E-state index contributed by atoms with van der Waals surface area (Å²) in [5, 5.41) is 0. The lowest BCUT2D eigenvalue weighted by atomic mass is 10.2. The zero-order valence-electron chi connectivity index (χ0n) is 9.50. The van der Waals surface area contributed by atoms with Crippen LogP contribution < -0.4 is 5.73 Å². The molecular formula is C12H15N3O2. The molecule has 2 atom stereocenters. The van der Waals surface area contributed by atoms with Gasteiger partial charge in [-0.25, -0.2) is 0 Å². The summed E-state index contributed by atoms with van der Waals surface area (Å²) in [4.78, 5) is 18.0. The van der Waals surface area contributed by atoms with Crippen LogP contribution in [0.1, 0.15) is 23.2 Å².